The van der Waals surface area contributed by atoms with Crippen LogP contribution in [0, 0.1) is 11.8 Å². The number of nitrogen functional groups attached to an aromatic ring is 1. The largest absolute Gasteiger partial charge is 0.368 e. The molecule has 0 saturated heterocycles. The van der Waals surface area contributed by atoms with Gasteiger partial charge in [-0.05, 0) is 55.2 Å². The lowest BCUT2D eigenvalue weighted by Crippen LogP contribution is -1.99. The number of fused-ring (bicyclic) bond motifs is 5. The van der Waals surface area contributed by atoms with Gasteiger partial charge in [-0.25, -0.2) is 9.97 Å². The van der Waals surface area contributed by atoms with Gasteiger partial charge in [0.25, 0.3) is 0 Å². The summed E-state index contributed by atoms with van der Waals surface area (Å²) in [5.74, 6) is 6.75. The van der Waals surface area contributed by atoms with Gasteiger partial charge in [-0.3, -0.25) is 4.98 Å². The third-order valence-electron chi connectivity index (χ3n) is 4.90. The highest BCUT2D eigenvalue weighted by atomic mass is 15.0. The third-order valence-corrected chi connectivity index (χ3v) is 4.90. The van der Waals surface area contributed by atoms with E-state index in [4.69, 9.17) is 5.73 Å². The van der Waals surface area contributed by atoms with Crippen molar-refractivity contribution in [3.05, 3.63) is 71.3 Å². The number of nitrogens with two attached hydrogens (primary N) is 1. The van der Waals surface area contributed by atoms with Crippen molar-refractivity contribution in [2.75, 3.05) is 5.73 Å². The van der Waals surface area contributed by atoms with Crippen LogP contribution < -0.4 is 5.73 Å². The zero-order valence-electron chi connectivity index (χ0n) is 14.7. The smallest absolute Gasteiger partial charge is 0.220 e. The van der Waals surface area contributed by atoms with Crippen molar-refractivity contribution in [2.45, 2.75) is 19.3 Å². The van der Waals surface area contributed by atoms with E-state index in [0.29, 0.717) is 5.95 Å². The average Bonchev–Trinajstić information content (AvgIpc) is 2.96. The van der Waals surface area contributed by atoms with Crippen molar-refractivity contribution < 1.29 is 0 Å². The molecule has 1 aromatic carbocycles. The normalized spacial score (nSPS) is 12.6. The van der Waals surface area contributed by atoms with Gasteiger partial charge >= 0.3 is 0 Å². The quantitative estimate of drug-likeness (QED) is 0.475. The Hall–Kier alpha value is -3.65. The molecular formula is C22H17N5. The first-order valence-corrected chi connectivity index (χ1v) is 8.96. The molecule has 5 rings (SSSR count). The first-order chi connectivity index (χ1) is 13.3. The molecule has 130 valence electrons. The van der Waals surface area contributed by atoms with E-state index in [2.05, 4.69) is 43.9 Å². The molecule has 0 amide bonds. The van der Waals surface area contributed by atoms with Crippen LogP contribution in [0.4, 0.5) is 5.95 Å². The van der Waals surface area contributed by atoms with Crippen molar-refractivity contribution in [1.82, 2.24) is 19.9 Å². The number of nitrogens with zero attached hydrogens (tertiary/aromatic N) is 3. The van der Waals surface area contributed by atoms with Crippen LogP contribution in [0.3, 0.4) is 0 Å². The number of aromatic nitrogens is 4. The van der Waals surface area contributed by atoms with Crippen LogP contribution in [0.5, 0.6) is 0 Å². The van der Waals surface area contributed by atoms with Crippen LogP contribution in [-0.4, -0.2) is 19.9 Å². The number of aromatic amines is 1. The second-order valence-electron chi connectivity index (χ2n) is 6.68. The molecule has 3 heterocycles. The van der Waals surface area contributed by atoms with Crippen LogP contribution in [-0.2, 0) is 12.8 Å². The topological polar surface area (TPSA) is 80.5 Å². The summed E-state index contributed by atoms with van der Waals surface area (Å²) in [5, 5.41) is 1.13. The van der Waals surface area contributed by atoms with E-state index in [9.17, 15) is 0 Å². The minimum absolute atomic E-state index is 0.310. The summed E-state index contributed by atoms with van der Waals surface area (Å²) in [6, 6.07) is 10.1. The van der Waals surface area contributed by atoms with Gasteiger partial charge in [0.2, 0.25) is 5.95 Å². The van der Waals surface area contributed by atoms with Crippen LogP contribution in [0.25, 0.3) is 22.2 Å². The van der Waals surface area contributed by atoms with E-state index in [1.54, 1.807) is 12.4 Å². The fourth-order valence-corrected chi connectivity index (χ4v) is 3.64. The number of pyridine rings is 1. The Morgan fingerprint density at radius 3 is 2.74 bits per heavy atom. The summed E-state index contributed by atoms with van der Waals surface area (Å²) in [4.78, 5) is 16.3. The van der Waals surface area contributed by atoms with E-state index >= 15 is 0 Å². The molecule has 1 aliphatic rings. The van der Waals surface area contributed by atoms with Crippen molar-refractivity contribution in [3.8, 4) is 23.1 Å². The third kappa shape index (κ3) is 2.81. The van der Waals surface area contributed by atoms with E-state index in [-0.39, 0.29) is 0 Å². The lowest BCUT2D eigenvalue weighted by molar-refractivity contribution is 0.815. The Morgan fingerprint density at radius 1 is 1.00 bits per heavy atom. The molecule has 0 aliphatic heterocycles. The maximum Gasteiger partial charge on any atom is 0.220 e. The van der Waals surface area contributed by atoms with Gasteiger partial charge in [0.05, 0.1) is 5.69 Å². The van der Waals surface area contributed by atoms with Gasteiger partial charge in [-0.2, -0.15) is 0 Å². The second kappa shape index (κ2) is 6.26. The number of hydrogen-bond acceptors (Lipinski definition) is 4. The molecule has 0 saturated carbocycles. The number of rotatable bonds is 0. The van der Waals surface area contributed by atoms with Gasteiger partial charge in [0, 0.05) is 51.9 Å². The highest BCUT2D eigenvalue weighted by Crippen LogP contribution is 2.37. The lowest BCUT2D eigenvalue weighted by atomic mass is 10.0. The maximum atomic E-state index is 5.88. The Morgan fingerprint density at radius 2 is 1.85 bits per heavy atom. The summed E-state index contributed by atoms with van der Waals surface area (Å²) < 4.78 is 0. The molecule has 0 fully saturated rings. The minimum Gasteiger partial charge on any atom is -0.368 e. The molecule has 4 aromatic rings. The Bertz CT molecular complexity index is 1210. The molecule has 0 radical (unpaired) electrons. The van der Waals surface area contributed by atoms with E-state index in [0.717, 1.165) is 58.1 Å². The molecule has 1 aliphatic carbocycles. The average molecular weight is 351 g/mol. The Kier molecular flexibility index (Phi) is 3.61. The fourth-order valence-electron chi connectivity index (χ4n) is 3.64. The first-order valence-electron chi connectivity index (χ1n) is 8.96. The summed E-state index contributed by atoms with van der Waals surface area (Å²) in [5.41, 5.74) is 13.3. The predicted molar refractivity (Wildman–Crippen MR) is 106 cm³/mol. The zero-order valence-corrected chi connectivity index (χ0v) is 14.7. The number of anilines is 1. The van der Waals surface area contributed by atoms with E-state index < -0.39 is 0 Å². The van der Waals surface area contributed by atoms with E-state index in [1.165, 1.54) is 5.69 Å². The van der Waals surface area contributed by atoms with Gasteiger partial charge in [0.1, 0.15) is 0 Å². The molecule has 3 N–H and O–H groups in total. The molecule has 5 heteroatoms. The molecule has 3 aromatic heterocycles. The predicted octanol–water partition coefficient (Wildman–Crippen LogP) is 3.49. The summed E-state index contributed by atoms with van der Waals surface area (Å²) in [7, 11) is 0. The first kappa shape index (κ1) is 15.6. The van der Waals surface area contributed by atoms with Crippen molar-refractivity contribution in [2.24, 2.45) is 0 Å². The number of hydrogen-bond donors (Lipinski definition) is 2. The fraction of sp³-hybridized carbons (Fsp3) is 0.136. The number of aryl methyl sites for hydroxylation is 2. The van der Waals surface area contributed by atoms with Crippen LogP contribution in [0.15, 0.2) is 48.9 Å². The van der Waals surface area contributed by atoms with E-state index in [1.807, 2.05) is 24.4 Å². The van der Waals surface area contributed by atoms with Gasteiger partial charge in [-0.15, -0.1) is 0 Å². The Labute approximate surface area is 156 Å². The SMILES string of the molecule is Nc1ncc2c(n1)-c1c([nH]c3ccc(C#Cc4ccncc4)cc13)CCC2. The van der Waals surface area contributed by atoms with Crippen molar-refractivity contribution in [1.29, 1.82) is 0 Å². The number of benzene rings is 1. The minimum atomic E-state index is 0.310. The zero-order chi connectivity index (χ0) is 18.2. The molecular weight excluding hydrogens is 334 g/mol. The molecule has 27 heavy (non-hydrogen) atoms. The summed E-state index contributed by atoms with van der Waals surface area (Å²) >= 11 is 0. The van der Waals surface area contributed by atoms with Gasteiger partial charge < -0.3 is 10.7 Å². The molecule has 0 unspecified atom stereocenters. The summed E-state index contributed by atoms with van der Waals surface area (Å²) in [6.45, 7) is 0. The van der Waals surface area contributed by atoms with Crippen LogP contribution in [0.1, 0.15) is 28.8 Å². The maximum absolute atomic E-state index is 5.88. The lowest BCUT2D eigenvalue weighted by Gasteiger charge is -2.06. The standard InChI is InChI=1S/C22H17N5/c23-22-25-13-16-2-1-3-19-20(21(16)27-22)17-12-15(6-7-18(17)26-19)5-4-14-8-10-24-11-9-14/h6-13,26H,1-3H2,(H2,23,25,27). The Balaban J connectivity index is 1.68. The van der Waals surface area contributed by atoms with Crippen LogP contribution in [0.2, 0.25) is 0 Å². The molecule has 0 bridgehead atoms. The number of H-pyrrole nitrogens is 1. The van der Waals surface area contributed by atoms with Crippen molar-refractivity contribution >= 4 is 16.9 Å². The molecule has 5 nitrogen and oxygen atoms in total. The van der Waals surface area contributed by atoms with Gasteiger partial charge in [0.15, 0.2) is 0 Å². The molecule has 0 spiro atoms. The highest BCUT2D eigenvalue weighted by molar-refractivity contribution is 5.98. The van der Waals surface area contributed by atoms with Crippen LogP contribution >= 0.6 is 0 Å². The second-order valence-corrected chi connectivity index (χ2v) is 6.68. The van der Waals surface area contributed by atoms with Gasteiger partial charge in [-0.1, -0.05) is 11.8 Å². The molecule has 0 atom stereocenters. The monoisotopic (exact) mass is 351 g/mol. The summed E-state index contributed by atoms with van der Waals surface area (Å²) in [6.07, 6.45) is 8.37. The number of nitrogens with one attached hydrogen (secondary N) is 1. The van der Waals surface area contributed by atoms with Crippen molar-refractivity contribution in [3.63, 3.8) is 0 Å². The highest BCUT2D eigenvalue weighted by Gasteiger charge is 2.21.